The second-order valence-corrected chi connectivity index (χ2v) is 5.15. The highest BCUT2D eigenvalue weighted by atomic mass is 35.5. The summed E-state index contributed by atoms with van der Waals surface area (Å²) in [6.45, 7) is 9.26. The van der Waals surface area contributed by atoms with Crippen LogP contribution in [0.2, 0.25) is 0 Å². The largest absolute Gasteiger partial charge is 0.380 e. The molecule has 0 aliphatic heterocycles. The van der Waals surface area contributed by atoms with Crippen LogP contribution in [-0.2, 0) is 24.1 Å². The van der Waals surface area contributed by atoms with Crippen LogP contribution >= 0.6 is 11.6 Å². The molecule has 0 spiro atoms. The lowest BCUT2D eigenvalue weighted by atomic mass is 10.0. The molecule has 1 heterocycles. The second kappa shape index (κ2) is 7.15. The first kappa shape index (κ1) is 15.5. The molecule has 2 atom stereocenters. The van der Waals surface area contributed by atoms with E-state index in [0.717, 1.165) is 31.5 Å². The van der Waals surface area contributed by atoms with Crippen LogP contribution in [0.3, 0.4) is 0 Å². The number of alkyl halides is 1. The number of hydrogen-bond acceptors (Lipinski definition) is 2. The number of hydrogen-bond donors (Lipinski definition) is 0. The molecule has 3 nitrogen and oxygen atoms in total. The topological polar surface area (TPSA) is 27.1 Å². The summed E-state index contributed by atoms with van der Waals surface area (Å²) in [5, 5.41) is 4.78. The molecule has 0 amide bonds. The van der Waals surface area contributed by atoms with E-state index in [0.29, 0.717) is 0 Å². The van der Waals surface area contributed by atoms with Crippen LogP contribution < -0.4 is 0 Å². The van der Waals surface area contributed by atoms with E-state index in [1.165, 1.54) is 11.3 Å². The van der Waals surface area contributed by atoms with E-state index in [1.54, 1.807) is 7.11 Å². The molecule has 0 aromatic carbocycles. The van der Waals surface area contributed by atoms with Gasteiger partial charge in [0.2, 0.25) is 0 Å². The van der Waals surface area contributed by atoms with Crippen molar-refractivity contribution >= 4 is 11.6 Å². The van der Waals surface area contributed by atoms with Gasteiger partial charge in [0.25, 0.3) is 0 Å². The van der Waals surface area contributed by atoms with Crippen LogP contribution in [0.25, 0.3) is 0 Å². The van der Waals surface area contributed by atoms with Crippen molar-refractivity contribution in [3.8, 4) is 0 Å². The molecule has 104 valence electrons. The molecular weight excluding hydrogens is 248 g/mol. The molecule has 18 heavy (non-hydrogen) atoms. The van der Waals surface area contributed by atoms with Crippen LogP contribution in [0.1, 0.15) is 56.4 Å². The zero-order valence-corrected chi connectivity index (χ0v) is 12.9. The Balaban J connectivity index is 3.15. The van der Waals surface area contributed by atoms with E-state index in [1.807, 2.05) is 0 Å². The summed E-state index contributed by atoms with van der Waals surface area (Å²) >= 11 is 6.46. The van der Waals surface area contributed by atoms with Crippen LogP contribution in [-0.4, -0.2) is 23.0 Å². The molecule has 0 radical (unpaired) electrons. The van der Waals surface area contributed by atoms with Gasteiger partial charge in [0, 0.05) is 18.4 Å². The molecule has 0 saturated heterocycles. The zero-order valence-electron chi connectivity index (χ0n) is 12.2. The van der Waals surface area contributed by atoms with E-state index >= 15 is 0 Å². The van der Waals surface area contributed by atoms with Gasteiger partial charge >= 0.3 is 0 Å². The van der Waals surface area contributed by atoms with Gasteiger partial charge in [-0.15, -0.1) is 11.6 Å². The Labute approximate surface area is 115 Å². The quantitative estimate of drug-likeness (QED) is 0.707. The SMILES string of the molecule is CCc1nn(CC(C)OC)c(CC)c1C(Cl)CC. The maximum atomic E-state index is 6.46. The fourth-order valence-corrected chi connectivity index (χ4v) is 2.49. The first-order chi connectivity index (χ1) is 8.58. The Morgan fingerprint density at radius 3 is 2.39 bits per heavy atom. The van der Waals surface area contributed by atoms with Crippen molar-refractivity contribution < 1.29 is 4.74 Å². The monoisotopic (exact) mass is 272 g/mol. The van der Waals surface area contributed by atoms with Gasteiger partial charge in [0.1, 0.15) is 0 Å². The number of ether oxygens (including phenoxy) is 1. The van der Waals surface area contributed by atoms with Gasteiger partial charge in [-0.3, -0.25) is 4.68 Å². The van der Waals surface area contributed by atoms with Crippen LogP contribution in [0.4, 0.5) is 0 Å². The molecule has 1 aromatic rings. The smallest absolute Gasteiger partial charge is 0.0739 e. The molecule has 0 aliphatic rings. The third-order valence-electron chi connectivity index (χ3n) is 3.35. The minimum Gasteiger partial charge on any atom is -0.380 e. The summed E-state index contributed by atoms with van der Waals surface area (Å²) in [6.07, 6.45) is 3.00. The van der Waals surface area contributed by atoms with E-state index in [9.17, 15) is 0 Å². The highest BCUT2D eigenvalue weighted by Gasteiger charge is 2.21. The average Bonchev–Trinajstić information content (AvgIpc) is 2.74. The van der Waals surface area contributed by atoms with Gasteiger partial charge in [0.05, 0.1) is 23.7 Å². The number of methoxy groups -OCH3 is 1. The third-order valence-corrected chi connectivity index (χ3v) is 3.88. The van der Waals surface area contributed by atoms with Crippen LogP contribution in [0.15, 0.2) is 0 Å². The average molecular weight is 273 g/mol. The number of aromatic nitrogens is 2. The minimum atomic E-state index is 0.0708. The van der Waals surface area contributed by atoms with Crippen molar-refractivity contribution in [1.29, 1.82) is 0 Å². The van der Waals surface area contributed by atoms with Gasteiger partial charge in [-0.05, 0) is 26.2 Å². The van der Waals surface area contributed by atoms with Gasteiger partial charge in [-0.1, -0.05) is 20.8 Å². The first-order valence-electron chi connectivity index (χ1n) is 6.84. The summed E-state index contributed by atoms with van der Waals surface area (Å²) < 4.78 is 7.41. The second-order valence-electron chi connectivity index (χ2n) is 4.62. The van der Waals surface area contributed by atoms with Crippen molar-refractivity contribution in [2.24, 2.45) is 0 Å². The lowest BCUT2D eigenvalue weighted by molar-refractivity contribution is 0.0989. The highest BCUT2D eigenvalue weighted by Crippen LogP contribution is 2.31. The molecule has 0 aliphatic carbocycles. The maximum absolute atomic E-state index is 6.46. The fraction of sp³-hybridized carbons (Fsp3) is 0.786. The Kier molecular flexibility index (Phi) is 6.16. The molecule has 1 rings (SSSR count). The summed E-state index contributed by atoms with van der Waals surface area (Å²) in [5.41, 5.74) is 3.64. The zero-order chi connectivity index (χ0) is 13.7. The predicted molar refractivity (Wildman–Crippen MR) is 76.3 cm³/mol. The Bertz CT molecular complexity index is 376. The molecular formula is C14H25ClN2O. The summed E-state index contributed by atoms with van der Waals surface area (Å²) in [4.78, 5) is 0. The van der Waals surface area contributed by atoms with Gasteiger partial charge < -0.3 is 4.74 Å². The number of aryl methyl sites for hydroxylation is 1. The van der Waals surface area contributed by atoms with E-state index in [2.05, 4.69) is 32.4 Å². The summed E-state index contributed by atoms with van der Waals surface area (Å²) in [6, 6.07) is 0. The van der Waals surface area contributed by atoms with E-state index in [-0.39, 0.29) is 11.5 Å². The van der Waals surface area contributed by atoms with Crippen molar-refractivity contribution in [3.05, 3.63) is 17.0 Å². The number of halogens is 1. The molecule has 0 saturated carbocycles. The lowest BCUT2D eigenvalue weighted by Crippen LogP contribution is -2.17. The molecule has 0 bridgehead atoms. The van der Waals surface area contributed by atoms with Crippen molar-refractivity contribution in [2.75, 3.05) is 7.11 Å². The molecule has 2 unspecified atom stereocenters. The lowest BCUT2D eigenvalue weighted by Gasteiger charge is -2.13. The van der Waals surface area contributed by atoms with Crippen molar-refractivity contribution in [2.45, 2.75) is 65.0 Å². The van der Waals surface area contributed by atoms with Gasteiger partial charge in [0.15, 0.2) is 0 Å². The standard InChI is InChI=1S/C14H25ClN2O/c1-6-11(15)14-12(7-2)16-17(13(14)8-3)9-10(4)18-5/h10-11H,6-9H2,1-5H3. The van der Waals surface area contributed by atoms with E-state index in [4.69, 9.17) is 21.4 Å². The predicted octanol–water partition coefficient (Wildman–Crippen LogP) is 3.73. The summed E-state index contributed by atoms with van der Waals surface area (Å²) in [7, 11) is 1.73. The molecule has 4 heteroatoms. The highest BCUT2D eigenvalue weighted by molar-refractivity contribution is 6.20. The van der Waals surface area contributed by atoms with Crippen LogP contribution in [0, 0.1) is 0 Å². The van der Waals surface area contributed by atoms with Crippen LogP contribution in [0.5, 0.6) is 0 Å². The maximum Gasteiger partial charge on any atom is 0.0739 e. The number of rotatable bonds is 7. The Morgan fingerprint density at radius 1 is 1.28 bits per heavy atom. The van der Waals surface area contributed by atoms with Crippen molar-refractivity contribution in [1.82, 2.24) is 9.78 Å². The van der Waals surface area contributed by atoms with Crippen molar-refractivity contribution in [3.63, 3.8) is 0 Å². The minimum absolute atomic E-state index is 0.0708. The Morgan fingerprint density at radius 2 is 1.94 bits per heavy atom. The molecule has 1 aromatic heterocycles. The summed E-state index contributed by atoms with van der Waals surface area (Å²) in [5.74, 6) is 0. The Hall–Kier alpha value is -0.540. The normalized spacial score (nSPS) is 14.8. The number of nitrogens with zero attached hydrogens (tertiary/aromatic N) is 2. The third kappa shape index (κ3) is 3.27. The fourth-order valence-electron chi connectivity index (χ4n) is 2.23. The van der Waals surface area contributed by atoms with Gasteiger partial charge in [-0.25, -0.2) is 0 Å². The first-order valence-corrected chi connectivity index (χ1v) is 7.27. The van der Waals surface area contributed by atoms with Gasteiger partial charge in [-0.2, -0.15) is 5.10 Å². The molecule has 0 fully saturated rings. The molecule has 0 N–H and O–H groups in total. The van der Waals surface area contributed by atoms with E-state index < -0.39 is 0 Å².